The molecule has 0 bridgehead atoms. The maximum atomic E-state index is 2.39. The molecule has 0 saturated heterocycles. The molecule has 1 aromatic heterocycles. The maximum absolute atomic E-state index is 2.39. The zero-order chi connectivity index (χ0) is 22.4. The van der Waals surface area contributed by atoms with Crippen LogP contribution >= 0.6 is 0 Å². The van der Waals surface area contributed by atoms with Gasteiger partial charge in [0.05, 0.1) is 12.6 Å². The highest BCUT2D eigenvalue weighted by atomic mass is 15.1. The van der Waals surface area contributed by atoms with Crippen molar-refractivity contribution in [3.8, 4) is 0 Å². The van der Waals surface area contributed by atoms with E-state index in [1.807, 2.05) is 0 Å². The molecule has 1 rings (SSSR count). The van der Waals surface area contributed by atoms with Crippen LogP contribution in [0.1, 0.15) is 162 Å². The lowest BCUT2D eigenvalue weighted by Gasteiger charge is -2.06. The summed E-state index contributed by atoms with van der Waals surface area (Å²) in [5, 5.41) is 0. The highest BCUT2D eigenvalue weighted by Crippen LogP contribution is 2.15. The predicted octanol–water partition coefficient (Wildman–Crippen LogP) is 9.57. The Kier molecular flexibility index (Phi) is 19.2. The Labute approximate surface area is 196 Å². The first-order valence-electron chi connectivity index (χ1n) is 14.3. The fourth-order valence-corrected chi connectivity index (χ4v) is 4.65. The first-order chi connectivity index (χ1) is 15.3. The molecule has 0 fully saturated rings. The van der Waals surface area contributed by atoms with Crippen LogP contribution in [0.3, 0.4) is 0 Å². The van der Waals surface area contributed by atoms with Crippen LogP contribution in [-0.2, 0) is 6.54 Å². The topological polar surface area (TPSA) is 8.81 Å². The Bertz CT molecular complexity index is 479. The van der Waals surface area contributed by atoms with E-state index in [2.05, 4.69) is 48.6 Å². The monoisotopic (exact) mass is 433 g/mol. The summed E-state index contributed by atoms with van der Waals surface area (Å²) >= 11 is 0. The van der Waals surface area contributed by atoms with Gasteiger partial charge in [-0.1, -0.05) is 123 Å². The summed E-state index contributed by atoms with van der Waals surface area (Å²) in [6.07, 6.45) is 36.8. The van der Waals surface area contributed by atoms with Gasteiger partial charge < -0.3 is 0 Å². The molecular weight excluding hydrogens is 376 g/mol. The lowest BCUT2D eigenvalue weighted by atomic mass is 10.0. The van der Waals surface area contributed by atoms with E-state index in [1.165, 1.54) is 141 Å². The molecule has 0 aliphatic carbocycles. The van der Waals surface area contributed by atoms with Gasteiger partial charge in [-0.3, -0.25) is 0 Å². The summed E-state index contributed by atoms with van der Waals surface area (Å²) in [6, 6.07) is 0.640. The van der Waals surface area contributed by atoms with Crippen LogP contribution < -0.4 is 4.57 Å². The van der Waals surface area contributed by atoms with Gasteiger partial charge in [0.1, 0.15) is 12.4 Å². The molecule has 0 spiro atoms. The van der Waals surface area contributed by atoms with E-state index in [1.54, 1.807) is 0 Å². The van der Waals surface area contributed by atoms with Gasteiger partial charge in [-0.05, 0) is 32.6 Å². The molecule has 0 saturated carbocycles. The SMILES string of the molecule is CCCCCCCCCCCCCCCCCCCC[n+]1ccn(C(C)CCCC)c1. The molecular formula is C29H57N2+. The van der Waals surface area contributed by atoms with Crippen molar-refractivity contribution in [2.45, 2.75) is 168 Å². The summed E-state index contributed by atoms with van der Waals surface area (Å²) in [5.74, 6) is 0. The van der Waals surface area contributed by atoms with Crippen molar-refractivity contribution in [1.29, 1.82) is 0 Å². The number of rotatable bonds is 23. The molecule has 0 radical (unpaired) electrons. The molecule has 1 atom stereocenters. The highest BCUT2D eigenvalue weighted by Gasteiger charge is 2.10. The summed E-state index contributed by atoms with van der Waals surface area (Å²) in [6.45, 7) is 8.11. The molecule has 1 unspecified atom stereocenters. The Morgan fingerprint density at radius 1 is 0.581 bits per heavy atom. The van der Waals surface area contributed by atoms with Crippen LogP contribution in [-0.4, -0.2) is 4.57 Å². The Morgan fingerprint density at radius 3 is 1.45 bits per heavy atom. The molecule has 1 heterocycles. The van der Waals surface area contributed by atoms with Crippen molar-refractivity contribution >= 4 is 0 Å². The van der Waals surface area contributed by atoms with Gasteiger partial charge in [0, 0.05) is 0 Å². The molecule has 1 aromatic rings. The smallest absolute Gasteiger partial charge is 0.237 e. The van der Waals surface area contributed by atoms with E-state index >= 15 is 0 Å². The first kappa shape index (κ1) is 28.2. The molecule has 0 aliphatic heterocycles. The molecule has 0 aliphatic rings. The van der Waals surface area contributed by atoms with E-state index in [0.717, 1.165) is 0 Å². The average molecular weight is 434 g/mol. The third-order valence-corrected chi connectivity index (χ3v) is 6.97. The van der Waals surface area contributed by atoms with E-state index < -0.39 is 0 Å². The number of aromatic nitrogens is 2. The van der Waals surface area contributed by atoms with Gasteiger partial charge in [0.2, 0.25) is 6.33 Å². The van der Waals surface area contributed by atoms with Gasteiger partial charge >= 0.3 is 0 Å². The molecule has 2 heteroatoms. The van der Waals surface area contributed by atoms with E-state index in [4.69, 9.17) is 0 Å². The molecule has 0 aromatic carbocycles. The van der Waals surface area contributed by atoms with Gasteiger partial charge in [0.15, 0.2) is 0 Å². The quantitative estimate of drug-likeness (QED) is 0.120. The minimum atomic E-state index is 0.640. The van der Waals surface area contributed by atoms with Crippen molar-refractivity contribution in [2.24, 2.45) is 0 Å². The molecule has 0 amide bonds. The summed E-state index contributed by atoms with van der Waals surface area (Å²) in [5.41, 5.74) is 0. The number of nitrogens with zero attached hydrogens (tertiary/aromatic N) is 2. The van der Waals surface area contributed by atoms with Crippen molar-refractivity contribution in [2.75, 3.05) is 0 Å². The summed E-state index contributed by atoms with van der Waals surface area (Å²) < 4.78 is 4.78. The highest BCUT2D eigenvalue weighted by molar-refractivity contribution is 4.72. The molecule has 2 nitrogen and oxygen atoms in total. The van der Waals surface area contributed by atoms with E-state index in [9.17, 15) is 0 Å². The first-order valence-corrected chi connectivity index (χ1v) is 14.3. The van der Waals surface area contributed by atoms with Gasteiger partial charge in [-0.2, -0.15) is 0 Å². The van der Waals surface area contributed by atoms with E-state index in [0.29, 0.717) is 6.04 Å². The molecule has 0 N–H and O–H groups in total. The minimum Gasteiger partial charge on any atom is -0.237 e. The summed E-state index contributed by atoms with van der Waals surface area (Å²) in [4.78, 5) is 0. The molecule has 182 valence electrons. The van der Waals surface area contributed by atoms with Crippen molar-refractivity contribution < 1.29 is 4.57 Å². The second kappa shape index (κ2) is 21.1. The van der Waals surface area contributed by atoms with Crippen molar-refractivity contribution in [3.63, 3.8) is 0 Å². The Morgan fingerprint density at radius 2 is 1.00 bits per heavy atom. The zero-order valence-electron chi connectivity index (χ0n) is 21.8. The largest absolute Gasteiger partial charge is 0.243 e. The second-order valence-corrected chi connectivity index (χ2v) is 10.1. The average Bonchev–Trinajstić information content (AvgIpc) is 3.25. The molecule has 31 heavy (non-hydrogen) atoms. The van der Waals surface area contributed by atoms with Crippen LogP contribution in [0.25, 0.3) is 0 Å². The van der Waals surface area contributed by atoms with Gasteiger partial charge in [-0.15, -0.1) is 0 Å². The standard InChI is InChI=1S/C29H57N2/c1-4-6-8-9-10-11-12-13-14-15-16-17-18-19-20-21-22-23-25-30-26-27-31(28-30)29(3)24-7-5-2/h26-29H,4-25H2,1-3H3/q+1. The zero-order valence-corrected chi connectivity index (χ0v) is 21.8. The fraction of sp³-hybridized carbons (Fsp3) is 0.897. The minimum absolute atomic E-state index is 0.640. The van der Waals surface area contributed by atoms with Crippen LogP contribution in [0.2, 0.25) is 0 Å². The van der Waals surface area contributed by atoms with Gasteiger partial charge in [-0.25, -0.2) is 9.13 Å². The number of unbranched alkanes of at least 4 members (excludes halogenated alkanes) is 18. The Balaban J connectivity index is 1.80. The second-order valence-electron chi connectivity index (χ2n) is 10.1. The van der Waals surface area contributed by atoms with Crippen molar-refractivity contribution in [1.82, 2.24) is 4.57 Å². The fourth-order valence-electron chi connectivity index (χ4n) is 4.65. The van der Waals surface area contributed by atoms with E-state index in [-0.39, 0.29) is 0 Å². The van der Waals surface area contributed by atoms with Crippen LogP contribution in [0.5, 0.6) is 0 Å². The third-order valence-electron chi connectivity index (χ3n) is 6.97. The van der Waals surface area contributed by atoms with Crippen molar-refractivity contribution in [3.05, 3.63) is 18.7 Å². The third kappa shape index (κ3) is 16.5. The number of aryl methyl sites for hydroxylation is 1. The van der Waals surface area contributed by atoms with Crippen LogP contribution in [0.4, 0.5) is 0 Å². The normalized spacial score (nSPS) is 12.5. The number of hydrogen-bond donors (Lipinski definition) is 0. The number of imidazole rings is 1. The van der Waals surface area contributed by atoms with Gasteiger partial charge in [0.25, 0.3) is 0 Å². The van der Waals surface area contributed by atoms with Crippen LogP contribution in [0, 0.1) is 0 Å². The predicted molar refractivity (Wildman–Crippen MR) is 138 cm³/mol. The maximum Gasteiger partial charge on any atom is 0.243 e. The number of hydrogen-bond acceptors (Lipinski definition) is 0. The lowest BCUT2D eigenvalue weighted by Crippen LogP contribution is -2.31. The Hall–Kier alpha value is -0.790. The summed E-state index contributed by atoms with van der Waals surface area (Å²) in [7, 11) is 0. The lowest BCUT2D eigenvalue weighted by molar-refractivity contribution is -0.697. The van der Waals surface area contributed by atoms with Crippen LogP contribution in [0.15, 0.2) is 18.7 Å².